The van der Waals surface area contributed by atoms with Crippen LogP contribution in [0.1, 0.15) is 12.8 Å². The molecule has 0 radical (unpaired) electrons. The number of halogens is 1. The summed E-state index contributed by atoms with van der Waals surface area (Å²) < 4.78 is 45.1. The van der Waals surface area contributed by atoms with Gasteiger partial charge in [0, 0.05) is 25.4 Å². The van der Waals surface area contributed by atoms with Gasteiger partial charge in [0.2, 0.25) is 15.9 Å². The van der Waals surface area contributed by atoms with Gasteiger partial charge in [-0.15, -0.1) is 0 Å². The Labute approximate surface area is 134 Å². The molecular formula is C15H16FN3O3S. The topological polar surface area (TPSA) is 72.4 Å². The van der Waals surface area contributed by atoms with Crippen LogP contribution < -0.4 is 4.74 Å². The van der Waals surface area contributed by atoms with Crippen molar-refractivity contribution in [1.29, 1.82) is 0 Å². The van der Waals surface area contributed by atoms with Crippen LogP contribution in [-0.4, -0.2) is 41.9 Å². The van der Waals surface area contributed by atoms with Crippen LogP contribution in [0.3, 0.4) is 0 Å². The zero-order valence-corrected chi connectivity index (χ0v) is 13.1. The maximum Gasteiger partial charge on any atom is 0.243 e. The lowest BCUT2D eigenvalue weighted by Crippen LogP contribution is -2.41. The molecule has 8 heteroatoms. The van der Waals surface area contributed by atoms with E-state index in [1.165, 1.54) is 22.8 Å². The van der Waals surface area contributed by atoms with E-state index < -0.39 is 15.8 Å². The molecule has 1 aliphatic heterocycles. The minimum absolute atomic E-state index is 0.0791. The number of aromatic nitrogens is 2. The average molecular weight is 337 g/mol. The predicted octanol–water partition coefficient (Wildman–Crippen LogP) is 1.85. The van der Waals surface area contributed by atoms with Gasteiger partial charge in [-0.25, -0.2) is 22.8 Å². The van der Waals surface area contributed by atoms with E-state index in [0.717, 1.165) is 12.1 Å². The van der Waals surface area contributed by atoms with Crippen LogP contribution in [-0.2, 0) is 10.0 Å². The molecular weight excluding hydrogens is 321 g/mol. The smallest absolute Gasteiger partial charge is 0.243 e. The first-order valence-electron chi connectivity index (χ1n) is 7.24. The number of sulfonamides is 1. The van der Waals surface area contributed by atoms with Crippen LogP contribution in [0.4, 0.5) is 4.39 Å². The molecule has 1 saturated heterocycles. The lowest BCUT2D eigenvalue weighted by atomic mass is 10.1. The first kappa shape index (κ1) is 15.8. The molecule has 0 atom stereocenters. The maximum absolute atomic E-state index is 12.9. The van der Waals surface area contributed by atoms with Gasteiger partial charge < -0.3 is 4.74 Å². The van der Waals surface area contributed by atoms with Crippen molar-refractivity contribution >= 4 is 10.0 Å². The van der Waals surface area contributed by atoms with Crippen molar-refractivity contribution in [2.75, 3.05) is 13.1 Å². The van der Waals surface area contributed by atoms with Gasteiger partial charge in [0.25, 0.3) is 0 Å². The largest absolute Gasteiger partial charge is 0.474 e. The quantitative estimate of drug-likeness (QED) is 0.851. The van der Waals surface area contributed by atoms with Gasteiger partial charge in [0.1, 0.15) is 18.2 Å². The van der Waals surface area contributed by atoms with Crippen molar-refractivity contribution < 1.29 is 17.5 Å². The summed E-state index contributed by atoms with van der Waals surface area (Å²) in [5.41, 5.74) is 0. The Kier molecular flexibility index (Phi) is 4.53. The van der Waals surface area contributed by atoms with Crippen molar-refractivity contribution in [2.24, 2.45) is 0 Å². The average Bonchev–Trinajstić information content (AvgIpc) is 2.57. The molecule has 2 aromatic rings. The van der Waals surface area contributed by atoms with Crippen LogP contribution in [0, 0.1) is 5.82 Å². The van der Waals surface area contributed by atoms with E-state index >= 15 is 0 Å². The fraction of sp³-hybridized carbons (Fsp3) is 0.333. The second kappa shape index (κ2) is 6.59. The third-order valence-corrected chi connectivity index (χ3v) is 5.61. The van der Waals surface area contributed by atoms with Gasteiger partial charge in [-0.1, -0.05) is 0 Å². The summed E-state index contributed by atoms with van der Waals surface area (Å²) in [6.07, 6.45) is 4.07. The highest BCUT2D eigenvalue weighted by atomic mass is 32.2. The highest BCUT2D eigenvalue weighted by Gasteiger charge is 2.30. The van der Waals surface area contributed by atoms with Crippen LogP contribution in [0.15, 0.2) is 47.8 Å². The third-order valence-electron chi connectivity index (χ3n) is 3.69. The second-order valence-electron chi connectivity index (χ2n) is 5.22. The zero-order valence-electron chi connectivity index (χ0n) is 12.3. The molecule has 1 aromatic carbocycles. The molecule has 1 fully saturated rings. The summed E-state index contributed by atoms with van der Waals surface area (Å²) in [5.74, 6) is 0.0285. The molecule has 1 aliphatic rings. The number of ether oxygens (including phenoxy) is 1. The number of hydrogen-bond acceptors (Lipinski definition) is 5. The van der Waals surface area contributed by atoms with Gasteiger partial charge in [-0.3, -0.25) is 0 Å². The fourth-order valence-corrected chi connectivity index (χ4v) is 3.93. The van der Waals surface area contributed by atoms with E-state index in [1.54, 1.807) is 12.3 Å². The second-order valence-corrected chi connectivity index (χ2v) is 7.16. The lowest BCUT2D eigenvalue weighted by Gasteiger charge is -2.31. The molecule has 23 heavy (non-hydrogen) atoms. The summed E-state index contributed by atoms with van der Waals surface area (Å²) >= 11 is 0. The number of rotatable bonds is 4. The van der Waals surface area contributed by atoms with Gasteiger partial charge in [-0.05, 0) is 37.1 Å². The number of hydrogen-bond donors (Lipinski definition) is 0. The molecule has 0 saturated carbocycles. The molecule has 1 aromatic heterocycles. The normalized spacial score (nSPS) is 17.1. The summed E-state index contributed by atoms with van der Waals surface area (Å²) in [6, 6.07) is 6.54. The minimum atomic E-state index is -3.59. The molecule has 0 unspecified atom stereocenters. The van der Waals surface area contributed by atoms with E-state index in [9.17, 15) is 12.8 Å². The summed E-state index contributed by atoms with van der Waals surface area (Å²) in [7, 11) is -3.59. The van der Waals surface area contributed by atoms with Crippen molar-refractivity contribution in [2.45, 2.75) is 23.8 Å². The van der Waals surface area contributed by atoms with E-state index in [1.807, 2.05) is 0 Å². The fourth-order valence-electron chi connectivity index (χ4n) is 2.46. The number of nitrogens with zero attached hydrogens (tertiary/aromatic N) is 3. The van der Waals surface area contributed by atoms with Crippen molar-refractivity contribution in [3.63, 3.8) is 0 Å². The molecule has 2 heterocycles. The van der Waals surface area contributed by atoms with E-state index in [4.69, 9.17) is 4.74 Å². The van der Waals surface area contributed by atoms with E-state index in [0.29, 0.717) is 31.8 Å². The van der Waals surface area contributed by atoms with Gasteiger partial charge >= 0.3 is 0 Å². The number of piperidine rings is 1. The van der Waals surface area contributed by atoms with E-state index in [2.05, 4.69) is 9.97 Å². The summed E-state index contributed by atoms with van der Waals surface area (Å²) in [4.78, 5) is 7.92. The Bertz CT molecular complexity index is 745. The molecule has 0 aliphatic carbocycles. The standard InChI is InChI=1S/C15H16FN3O3S/c16-12-1-3-14(4-2-12)23(20,21)19-9-6-13(7-10-19)22-15-5-8-17-11-18-15/h1-5,8,11,13H,6-7,9-10H2. The molecule has 0 spiro atoms. The Balaban J connectivity index is 1.63. The van der Waals surface area contributed by atoms with Crippen molar-refractivity contribution in [3.8, 4) is 5.88 Å². The van der Waals surface area contributed by atoms with Crippen molar-refractivity contribution in [3.05, 3.63) is 48.7 Å². The Morgan fingerprint density at radius 2 is 1.83 bits per heavy atom. The number of benzene rings is 1. The molecule has 3 rings (SSSR count). The first-order chi connectivity index (χ1) is 11.1. The first-order valence-corrected chi connectivity index (χ1v) is 8.68. The van der Waals surface area contributed by atoms with Gasteiger partial charge in [0.05, 0.1) is 4.90 Å². The van der Waals surface area contributed by atoms with Gasteiger partial charge in [0.15, 0.2) is 0 Å². The molecule has 0 bridgehead atoms. The van der Waals surface area contributed by atoms with E-state index in [-0.39, 0.29) is 11.0 Å². The highest BCUT2D eigenvalue weighted by molar-refractivity contribution is 7.89. The Morgan fingerprint density at radius 1 is 1.13 bits per heavy atom. The van der Waals surface area contributed by atoms with Crippen LogP contribution in [0.25, 0.3) is 0 Å². The molecule has 0 amide bonds. The lowest BCUT2D eigenvalue weighted by molar-refractivity contribution is 0.129. The van der Waals surface area contributed by atoms with Crippen molar-refractivity contribution in [1.82, 2.24) is 14.3 Å². The van der Waals surface area contributed by atoms with Crippen LogP contribution in [0.5, 0.6) is 5.88 Å². The predicted molar refractivity (Wildman–Crippen MR) is 80.8 cm³/mol. The summed E-state index contributed by atoms with van der Waals surface area (Å²) in [6.45, 7) is 0.713. The Hall–Kier alpha value is -2.06. The maximum atomic E-state index is 12.9. The van der Waals surface area contributed by atoms with Crippen LogP contribution >= 0.6 is 0 Å². The Morgan fingerprint density at radius 3 is 2.43 bits per heavy atom. The SMILES string of the molecule is O=S(=O)(c1ccc(F)cc1)N1CCC(Oc2ccncn2)CC1. The van der Waals surface area contributed by atoms with Gasteiger partial charge in [-0.2, -0.15) is 4.31 Å². The molecule has 122 valence electrons. The minimum Gasteiger partial charge on any atom is -0.474 e. The third kappa shape index (κ3) is 3.65. The monoisotopic (exact) mass is 337 g/mol. The van der Waals surface area contributed by atoms with Crippen LogP contribution in [0.2, 0.25) is 0 Å². The summed E-state index contributed by atoms with van der Waals surface area (Å²) in [5, 5.41) is 0. The molecule has 0 N–H and O–H groups in total. The molecule has 6 nitrogen and oxygen atoms in total. The highest BCUT2D eigenvalue weighted by Crippen LogP contribution is 2.23. The zero-order chi connectivity index (χ0) is 16.3.